The summed E-state index contributed by atoms with van der Waals surface area (Å²) in [5.41, 5.74) is 3.17. The minimum atomic E-state index is -0.438. The highest BCUT2D eigenvalue weighted by atomic mass is 16.7. The van der Waals surface area contributed by atoms with Crippen molar-refractivity contribution in [2.45, 2.75) is 25.3 Å². The highest BCUT2D eigenvalue weighted by Gasteiger charge is 2.37. The molecule has 35 heavy (non-hydrogen) atoms. The number of anilines is 1. The van der Waals surface area contributed by atoms with E-state index in [1.165, 1.54) is 0 Å². The molecule has 2 aliphatic heterocycles. The van der Waals surface area contributed by atoms with Crippen molar-refractivity contribution in [3.63, 3.8) is 0 Å². The summed E-state index contributed by atoms with van der Waals surface area (Å²) < 4.78 is 29.3. The molecular formula is C25H24N4O6. The summed E-state index contributed by atoms with van der Waals surface area (Å²) in [4.78, 5) is 17.9. The van der Waals surface area contributed by atoms with Gasteiger partial charge in [-0.05, 0) is 42.7 Å². The highest BCUT2D eigenvalue weighted by Crippen LogP contribution is 2.45. The van der Waals surface area contributed by atoms with E-state index in [0.29, 0.717) is 58.1 Å². The number of carbonyl (C=O) groups is 1. The van der Waals surface area contributed by atoms with Gasteiger partial charge in [0.15, 0.2) is 34.6 Å². The second-order valence-corrected chi connectivity index (χ2v) is 8.43. The summed E-state index contributed by atoms with van der Waals surface area (Å²) in [7, 11) is 4.68. The molecule has 3 aliphatic rings. The van der Waals surface area contributed by atoms with Gasteiger partial charge in [-0.15, -0.1) is 5.10 Å². The fourth-order valence-electron chi connectivity index (χ4n) is 4.88. The van der Waals surface area contributed by atoms with Gasteiger partial charge < -0.3 is 29.0 Å². The van der Waals surface area contributed by atoms with Crippen molar-refractivity contribution >= 4 is 11.7 Å². The third-order valence-electron chi connectivity index (χ3n) is 6.50. The molecule has 1 N–H and O–H groups in total. The minimum absolute atomic E-state index is 0.108. The Morgan fingerprint density at radius 1 is 1.00 bits per heavy atom. The van der Waals surface area contributed by atoms with Crippen LogP contribution in [0.4, 0.5) is 5.95 Å². The van der Waals surface area contributed by atoms with Gasteiger partial charge in [-0.2, -0.15) is 4.98 Å². The molecule has 0 bridgehead atoms. The minimum Gasteiger partial charge on any atom is -0.493 e. The van der Waals surface area contributed by atoms with Gasteiger partial charge in [-0.25, -0.2) is 4.68 Å². The lowest BCUT2D eigenvalue weighted by Gasteiger charge is -2.32. The van der Waals surface area contributed by atoms with Gasteiger partial charge in [0, 0.05) is 23.3 Å². The van der Waals surface area contributed by atoms with Crippen LogP contribution < -0.4 is 29.0 Å². The summed E-state index contributed by atoms with van der Waals surface area (Å²) in [6.07, 6.45) is 2.08. The molecular weight excluding hydrogens is 452 g/mol. The van der Waals surface area contributed by atoms with E-state index in [0.717, 1.165) is 24.1 Å². The van der Waals surface area contributed by atoms with E-state index in [-0.39, 0.29) is 12.6 Å². The van der Waals surface area contributed by atoms with Crippen LogP contribution in [0.2, 0.25) is 0 Å². The Kier molecular flexibility index (Phi) is 5.01. The number of nitrogens with one attached hydrogen (secondary N) is 1. The van der Waals surface area contributed by atoms with Crippen molar-refractivity contribution in [1.29, 1.82) is 0 Å². The van der Waals surface area contributed by atoms with Crippen LogP contribution in [0, 0.1) is 0 Å². The number of rotatable bonds is 5. The van der Waals surface area contributed by atoms with Crippen LogP contribution in [0.5, 0.6) is 28.7 Å². The third-order valence-corrected chi connectivity index (χ3v) is 6.50. The molecule has 3 heterocycles. The number of hydrogen-bond donors (Lipinski definition) is 1. The first-order valence-corrected chi connectivity index (χ1v) is 11.3. The molecule has 0 amide bonds. The number of benzene rings is 2. The molecule has 0 fully saturated rings. The Bertz CT molecular complexity index is 1350. The summed E-state index contributed by atoms with van der Waals surface area (Å²) in [6, 6.07) is 8.89. The zero-order chi connectivity index (χ0) is 24.1. The van der Waals surface area contributed by atoms with Crippen molar-refractivity contribution in [1.82, 2.24) is 14.8 Å². The van der Waals surface area contributed by atoms with Crippen LogP contribution in [0.15, 0.2) is 41.6 Å². The molecule has 180 valence electrons. The van der Waals surface area contributed by atoms with E-state index >= 15 is 0 Å². The number of methoxy groups -OCH3 is 3. The Morgan fingerprint density at radius 2 is 1.77 bits per heavy atom. The molecule has 6 rings (SSSR count). The van der Waals surface area contributed by atoms with Crippen molar-refractivity contribution in [2.24, 2.45) is 0 Å². The molecule has 0 saturated heterocycles. The fraction of sp³-hybridized carbons (Fsp3) is 0.320. The molecule has 10 heteroatoms. The first-order chi connectivity index (χ1) is 17.1. The lowest BCUT2D eigenvalue weighted by Crippen LogP contribution is -2.31. The van der Waals surface area contributed by atoms with E-state index in [4.69, 9.17) is 33.8 Å². The number of ketones is 1. The van der Waals surface area contributed by atoms with Crippen LogP contribution in [0.3, 0.4) is 0 Å². The van der Waals surface area contributed by atoms with Crippen LogP contribution in [-0.4, -0.2) is 48.7 Å². The normalized spacial score (nSPS) is 18.0. The number of carbonyl (C=O) groups excluding carboxylic acids is 1. The molecule has 0 spiro atoms. The number of aromatic nitrogens is 3. The van der Waals surface area contributed by atoms with Gasteiger partial charge in [0.1, 0.15) is 6.04 Å². The van der Waals surface area contributed by atoms with E-state index in [1.54, 1.807) is 38.1 Å². The number of nitrogens with zero attached hydrogens (tertiary/aromatic N) is 3. The van der Waals surface area contributed by atoms with Gasteiger partial charge in [0.05, 0.1) is 21.3 Å². The number of ether oxygens (including phenoxy) is 5. The quantitative estimate of drug-likeness (QED) is 0.590. The topological polar surface area (TPSA) is 106 Å². The predicted octanol–water partition coefficient (Wildman–Crippen LogP) is 3.72. The van der Waals surface area contributed by atoms with Gasteiger partial charge in [0.25, 0.3) is 0 Å². The second kappa shape index (κ2) is 8.23. The largest absolute Gasteiger partial charge is 0.493 e. The van der Waals surface area contributed by atoms with E-state index in [1.807, 2.05) is 18.2 Å². The maximum absolute atomic E-state index is 13.1. The molecule has 1 aliphatic carbocycles. The van der Waals surface area contributed by atoms with Gasteiger partial charge >= 0.3 is 0 Å². The third kappa shape index (κ3) is 3.36. The maximum Gasteiger partial charge on any atom is 0.231 e. The Hall–Kier alpha value is -4.21. The van der Waals surface area contributed by atoms with Crippen molar-refractivity contribution in [3.05, 3.63) is 47.2 Å². The highest BCUT2D eigenvalue weighted by molar-refractivity contribution is 5.99. The standard InChI is InChI=1S/C25H24N4O6/c1-31-19-10-14(11-20(32-2)23(19)33-3)24-27-25-26-15-5-4-6-16(30)21(15)22(29(25)28-24)13-7-8-17-18(9-13)35-12-34-17/h7-11,22H,4-6,12H2,1-3H3,(H,26,27,28)/t22-/m0/s1. The SMILES string of the molecule is COc1cc(-c2nc3n(n2)[C@@H](c2ccc4c(c2)OCO4)C2=C(CCCC2=O)N3)cc(OC)c1OC. The second-order valence-electron chi connectivity index (χ2n) is 8.43. The molecule has 3 aromatic rings. The maximum atomic E-state index is 13.1. The van der Waals surface area contributed by atoms with Crippen LogP contribution in [0.1, 0.15) is 30.9 Å². The number of fused-ring (bicyclic) bond motifs is 2. The summed E-state index contributed by atoms with van der Waals surface area (Å²) in [5.74, 6) is 3.96. The van der Waals surface area contributed by atoms with E-state index < -0.39 is 6.04 Å². The van der Waals surface area contributed by atoms with Crippen molar-refractivity contribution in [2.75, 3.05) is 33.4 Å². The van der Waals surface area contributed by atoms with Crippen molar-refractivity contribution < 1.29 is 28.5 Å². The van der Waals surface area contributed by atoms with Crippen LogP contribution in [-0.2, 0) is 4.79 Å². The van der Waals surface area contributed by atoms with Crippen molar-refractivity contribution in [3.8, 4) is 40.1 Å². The van der Waals surface area contributed by atoms with Crippen LogP contribution in [0.25, 0.3) is 11.4 Å². The molecule has 0 radical (unpaired) electrons. The monoisotopic (exact) mass is 476 g/mol. The summed E-state index contributed by atoms with van der Waals surface area (Å²) >= 11 is 0. The molecule has 0 saturated carbocycles. The Balaban J connectivity index is 1.50. The molecule has 0 unspecified atom stereocenters. The predicted molar refractivity (Wildman–Crippen MR) is 125 cm³/mol. The lowest BCUT2D eigenvalue weighted by molar-refractivity contribution is -0.116. The summed E-state index contributed by atoms with van der Waals surface area (Å²) in [5, 5.41) is 8.19. The van der Waals surface area contributed by atoms with Crippen LogP contribution >= 0.6 is 0 Å². The fourth-order valence-corrected chi connectivity index (χ4v) is 4.88. The first kappa shape index (κ1) is 21.3. The molecule has 2 aromatic carbocycles. The molecule has 1 aromatic heterocycles. The molecule has 10 nitrogen and oxygen atoms in total. The number of Topliss-reactive ketones (excluding diaryl/α,β-unsaturated/α-hetero) is 1. The zero-order valence-corrected chi connectivity index (χ0v) is 19.6. The van der Waals surface area contributed by atoms with E-state index in [9.17, 15) is 4.79 Å². The Labute approximate surface area is 201 Å². The smallest absolute Gasteiger partial charge is 0.231 e. The number of allylic oxidation sites excluding steroid dienone is 2. The number of hydrogen-bond acceptors (Lipinski definition) is 9. The summed E-state index contributed by atoms with van der Waals surface area (Å²) in [6.45, 7) is 0.178. The lowest BCUT2D eigenvalue weighted by atomic mass is 9.85. The average Bonchev–Trinajstić information content (AvgIpc) is 3.53. The molecule has 1 atom stereocenters. The van der Waals surface area contributed by atoms with Gasteiger partial charge in [0.2, 0.25) is 18.5 Å². The Morgan fingerprint density at radius 3 is 2.51 bits per heavy atom. The first-order valence-electron chi connectivity index (χ1n) is 11.3. The average molecular weight is 476 g/mol. The van der Waals surface area contributed by atoms with Gasteiger partial charge in [-0.3, -0.25) is 4.79 Å². The van der Waals surface area contributed by atoms with E-state index in [2.05, 4.69) is 5.32 Å². The van der Waals surface area contributed by atoms with Gasteiger partial charge in [-0.1, -0.05) is 6.07 Å². The zero-order valence-electron chi connectivity index (χ0n) is 19.6.